The maximum atomic E-state index is 5.68. The summed E-state index contributed by atoms with van der Waals surface area (Å²) in [4.78, 5) is 9.41. The fourth-order valence-electron chi connectivity index (χ4n) is 1.96. The Hall–Kier alpha value is -2.21. The molecule has 2 N–H and O–H groups in total. The molecule has 0 atom stereocenters. The summed E-state index contributed by atoms with van der Waals surface area (Å²) >= 11 is 1.37. The van der Waals surface area contributed by atoms with Crippen molar-refractivity contribution in [3.63, 3.8) is 0 Å². The highest BCUT2D eigenvalue weighted by atomic mass is 32.1. The van der Waals surface area contributed by atoms with Crippen LogP contribution in [0.5, 0.6) is 0 Å². The molecule has 102 valence electrons. The Morgan fingerprint density at radius 2 is 1.95 bits per heavy atom. The predicted molar refractivity (Wildman–Crippen MR) is 78.4 cm³/mol. The summed E-state index contributed by atoms with van der Waals surface area (Å²) < 4.78 is 5.29. The molecule has 6 heteroatoms. The molecule has 3 rings (SSSR count). The fraction of sp³-hybridized carbons (Fsp3) is 0.214. The Labute approximate surface area is 120 Å². The van der Waals surface area contributed by atoms with Crippen molar-refractivity contribution in [1.29, 1.82) is 0 Å². The number of anilines is 1. The Bertz CT molecular complexity index is 705. The highest BCUT2D eigenvalue weighted by Crippen LogP contribution is 2.29. The lowest BCUT2D eigenvalue weighted by atomic mass is 10.1. The third-order valence-electron chi connectivity index (χ3n) is 2.96. The summed E-state index contributed by atoms with van der Waals surface area (Å²) in [5, 5.41) is 4.53. The summed E-state index contributed by atoms with van der Waals surface area (Å²) in [5.41, 5.74) is 7.76. The number of hydrogen-bond donors (Lipinski definition) is 1. The zero-order chi connectivity index (χ0) is 13.9. The number of nitrogens with two attached hydrogens (primary N) is 1. The van der Waals surface area contributed by atoms with Gasteiger partial charge in [0.05, 0.1) is 5.69 Å². The number of nitrogen functional groups attached to an aromatic ring is 1. The van der Waals surface area contributed by atoms with E-state index in [4.69, 9.17) is 10.3 Å². The molecule has 0 amide bonds. The van der Waals surface area contributed by atoms with Gasteiger partial charge < -0.3 is 10.3 Å². The molecule has 3 aromatic rings. The van der Waals surface area contributed by atoms with Crippen LogP contribution in [0.2, 0.25) is 0 Å². The fourth-order valence-corrected chi connectivity index (χ4v) is 2.72. The average Bonchev–Trinajstić information content (AvgIpc) is 3.04. The van der Waals surface area contributed by atoms with E-state index in [1.807, 2.05) is 25.1 Å². The molecule has 0 spiro atoms. The molecule has 0 fully saturated rings. The van der Waals surface area contributed by atoms with E-state index in [1.54, 1.807) is 0 Å². The van der Waals surface area contributed by atoms with Crippen molar-refractivity contribution in [1.82, 2.24) is 15.1 Å². The van der Waals surface area contributed by atoms with Crippen molar-refractivity contribution in [2.45, 2.75) is 19.8 Å². The largest absolute Gasteiger partial charge is 0.375 e. The monoisotopic (exact) mass is 286 g/mol. The summed E-state index contributed by atoms with van der Waals surface area (Å²) in [5.74, 6) is 1.20. The molecule has 2 heterocycles. The van der Waals surface area contributed by atoms with Crippen LogP contribution in [0, 0.1) is 6.92 Å². The highest BCUT2D eigenvalue weighted by Gasteiger charge is 2.15. The van der Waals surface area contributed by atoms with Crippen LogP contribution in [-0.2, 0) is 12.8 Å². The van der Waals surface area contributed by atoms with Gasteiger partial charge in [-0.25, -0.2) is 4.98 Å². The molecule has 0 aliphatic rings. The lowest BCUT2D eigenvalue weighted by molar-refractivity contribution is 0.423. The Balaban J connectivity index is 1.73. The molecule has 0 saturated heterocycles. The second kappa shape index (κ2) is 5.42. The molecule has 2 aromatic heterocycles. The third-order valence-corrected chi connectivity index (χ3v) is 3.93. The standard InChI is InChI=1S/C14H14N4OS/c1-9-12(20-14(15)16-9)13-17-11(18-19-13)8-7-10-5-3-2-4-6-10/h2-6H,7-8H2,1H3,(H2,15,16). The first kappa shape index (κ1) is 12.8. The average molecular weight is 286 g/mol. The van der Waals surface area contributed by atoms with Gasteiger partial charge in [0.2, 0.25) is 0 Å². The quantitative estimate of drug-likeness (QED) is 0.798. The minimum absolute atomic E-state index is 0.500. The van der Waals surface area contributed by atoms with E-state index in [0.717, 1.165) is 23.4 Å². The number of aromatic nitrogens is 3. The summed E-state index contributed by atoms with van der Waals surface area (Å²) in [6.45, 7) is 1.88. The molecule has 0 aliphatic heterocycles. The minimum atomic E-state index is 0.500. The van der Waals surface area contributed by atoms with Gasteiger partial charge in [-0.2, -0.15) is 4.98 Å². The van der Waals surface area contributed by atoms with E-state index in [9.17, 15) is 0 Å². The lowest BCUT2D eigenvalue weighted by Crippen LogP contribution is -1.93. The van der Waals surface area contributed by atoms with Gasteiger partial charge in [0, 0.05) is 6.42 Å². The lowest BCUT2D eigenvalue weighted by Gasteiger charge is -1.96. The van der Waals surface area contributed by atoms with Crippen LogP contribution in [0.3, 0.4) is 0 Å². The van der Waals surface area contributed by atoms with Crippen LogP contribution < -0.4 is 5.73 Å². The molecule has 0 saturated carbocycles. The SMILES string of the molecule is Cc1nc(N)sc1-c1nc(CCc2ccccc2)no1. The van der Waals surface area contributed by atoms with E-state index in [1.165, 1.54) is 16.9 Å². The van der Waals surface area contributed by atoms with Gasteiger partial charge in [0.1, 0.15) is 4.88 Å². The van der Waals surface area contributed by atoms with Crippen LogP contribution in [0.4, 0.5) is 5.13 Å². The van der Waals surface area contributed by atoms with E-state index in [2.05, 4.69) is 27.3 Å². The number of aryl methyl sites for hydroxylation is 3. The van der Waals surface area contributed by atoms with Crippen molar-refractivity contribution in [3.8, 4) is 10.8 Å². The maximum Gasteiger partial charge on any atom is 0.269 e. The third kappa shape index (κ3) is 2.70. The van der Waals surface area contributed by atoms with Crippen LogP contribution in [0.25, 0.3) is 10.8 Å². The molecular weight excluding hydrogens is 272 g/mol. The smallest absolute Gasteiger partial charge is 0.269 e. The number of nitrogens with zero attached hydrogens (tertiary/aromatic N) is 3. The molecule has 0 unspecified atom stereocenters. The first-order chi connectivity index (χ1) is 9.72. The van der Waals surface area contributed by atoms with Crippen LogP contribution >= 0.6 is 11.3 Å². The zero-order valence-electron chi connectivity index (χ0n) is 11.0. The molecule has 20 heavy (non-hydrogen) atoms. The number of hydrogen-bond acceptors (Lipinski definition) is 6. The molecule has 5 nitrogen and oxygen atoms in total. The summed E-state index contributed by atoms with van der Waals surface area (Å²) in [6.07, 6.45) is 1.64. The van der Waals surface area contributed by atoms with E-state index < -0.39 is 0 Å². The minimum Gasteiger partial charge on any atom is -0.375 e. The normalized spacial score (nSPS) is 10.8. The van der Waals surface area contributed by atoms with Crippen LogP contribution in [0.1, 0.15) is 17.1 Å². The number of thiazole rings is 1. The summed E-state index contributed by atoms with van der Waals surface area (Å²) in [7, 11) is 0. The van der Waals surface area contributed by atoms with Gasteiger partial charge in [0.15, 0.2) is 11.0 Å². The van der Waals surface area contributed by atoms with Crippen molar-refractivity contribution in [2.24, 2.45) is 0 Å². The van der Waals surface area contributed by atoms with Gasteiger partial charge in [-0.15, -0.1) is 0 Å². The van der Waals surface area contributed by atoms with Gasteiger partial charge in [-0.05, 0) is 18.9 Å². The summed E-state index contributed by atoms with van der Waals surface area (Å²) in [6, 6.07) is 10.2. The molecule has 0 aliphatic carbocycles. The van der Waals surface area contributed by atoms with Crippen molar-refractivity contribution in [3.05, 3.63) is 47.4 Å². The van der Waals surface area contributed by atoms with Gasteiger partial charge in [-0.3, -0.25) is 0 Å². The van der Waals surface area contributed by atoms with Crippen molar-refractivity contribution < 1.29 is 4.52 Å². The van der Waals surface area contributed by atoms with E-state index >= 15 is 0 Å². The number of rotatable bonds is 4. The Kier molecular flexibility index (Phi) is 3.47. The first-order valence-corrected chi connectivity index (χ1v) is 7.14. The van der Waals surface area contributed by atoms with Crippen molar-refractivity contribution >= 4 is 16.5 Å². The molecule has 0 radical (unpaired) electrons. The molecular formula is C14H14N4OS. The Morgan fingerprint density at radius 1 is 1.15 bits per heavy atom. The zero-order valence-corrected chi connectivity index (χ0v) is 11.9. The molecule has 0 bridgehead atoms. The van der Waals surface area contributed by atoms with Crippen LogP contribution in [0.15, 0.2) is 34.9 Å². The van der Waals surface area contributed by atoms with Gasteiger partial charge in [0.25, 0.3) is 5.89 Å². The first-order valence-electron chi connectivity index (χ1n) is 6.32. The van der Waals surface area contributed by atoms with Gasteiger partial charge in [-0.1, -0.05) is 46.8 Å². The maximum absolute atomic E-state index is 5.68. The van der Waals surface area contributed by atoms with Crippen LogP contribution in [-0.4, -0.2) is 15.1 Å². The number of benzene rings is 1. The van der Waals surface area contributed by atoms with Gasteiger partial charge >= 0.3 is 0 Å². The Morgan fingerprint density at radius 3 is 2.65 bits per heavy atom. The van der Waals surface area contributed by atoms with Crippen molar-refractivity contribution in [2.75, 3.05) is 5.73 Å². The highest BCUT2D eigenvalue weighted by molar-refractivity contribution is 7.18. The second-order valence-corrected chi connectivity index (χ2v) is 5.50. The second-order valence-electron chi connectivity index (χ2n) is 4.47. The topological polar surface area (TPSA) is 77.8 Å². The van der Waals surface area contributed by atoms with E-state index in [0.29, 0.717) is 16.8 Å². The van der Waals surface area contributed by atoms with E-state index in [-0.39, 0.29) is 0 Å². The molecule has 1 aromatic carbocycles. The predicted octanol–water partition coefficient (Wildman–Crippen LogP) is 2.87.